The van der Waals surface area contributed by atoms with E-state index in [0.29, 0.717) is 6.04 Å². The number of carboxylic acid groups (broad SMARTS) is 1. The number of carbonyl (C=O) groups is 1. The van der Waals surface area contributed by atoms with E-state index < -0.39 is 12.0 Å². The van der Waals surface area contributed by atoms with E-state index >= 15 is 0 Å². The Balaban J connectivity index is 2.11. The van der Waals surface area contributed by atoms with Crippen LogP contribution >= 0.6 is 0 Å². The molecule has 70 valence electrons. The summed E-state index contributed by atoms with van der Waals surface area (Å²) >= 11 is 0. The van der Waals surface area contributed by atoms with Crippen LogP contribution in [-0.4, -0.2) is 36.2 Å². The van der Waals surface area contributed by atoms with Crippen molar-refractivity contribution < 1.29 is 9.90 Å². The van der Waals surface area contributed by atoms with Gasteiger partial charge in [-0.25, -0.2) is 0 Å². The van der Waals surface area contributed by atoms with Gasteiger partial charge in [-0.15, -0.1) is 0 Å². The Morgan fingerprint density at radius 2 is 2.58 bits per heavy atom. The molecule has 2 atom stereocenters. The van der Waals surface area contributed by atoms with Crippen molar-refractivity contribution in [2.24, 2.45) is 0 Å². The molecule has 0 amide bonds. The van der Waals surface area contributed by atoms with Gasteiger partial charge < -0.3 is 15.7 Å². The molecule has 0 bridgehead atoms. The second-order valence-corrected chi connectivity index (χ2v) is 3.26. The maximum Gasteiger partial charge on any atom is 0.320 e. The summed E-state index contributed by atoms with van der Waals surface area (Å²) in [5.74, 6) is -0.784. The van der Waals surface area contributed by atoms with Crippen LogP contribution in [0, 0.1) is 0 Å². The number of nitrogens with one attached hydrogen (secondary N) is 2. The SMILES string of the molecule is CC(NCC1CCCN1)C(=O)O. The van der Waals surface area contributed by atoms with Gasteiger partial charge in [-0.1, -0.05) is 0 Å². The van der Waals surface area contributed by atoms with E-state index in [2.05, 4.69) is 10.6 Å². The lowest BCUT2D eigenvalue weighted by molar-refractivity contribution is -0.139. The molecule has 0 aliphatic carbocycles. The van der Waals surface area contributed by atoms with Gasteiger partial charge in [-0.05, 0) is 26.3 Å². The van der Waals surface area contributed by atoms with Crippen LogP contribution in [0.3, 0.4) is 0 Å². The topological polar surface area (TPSA) is 61.4 Å². The van der Waals surface area contributed by atoms with Crippen molar-refractivity contribution in [2.45, 2.75) is 31.8 Å². The second kappa shape index (κ2) is 4.42. The third kappa shape index (κ3) is 2.79. The highest BCUT2D eigenvalue weighted by molar-refractivity contribution is 5.72. The third-order valence-corrected chi connectivity index (χ3v) is 2.20. The molecule has 3 N–H and O–H groups in total. The van der Waals surface area contributed by atoms with Crippen LogP contribution < -0.4 is 10.6 Å². The monoisotopic (exact) mass is 172 g/mol. The first-order valence-corrected chi connectivity index (χ1v) is 4.39. The number of hydrogen-bond acceptors (Lipinski definition) is 3. The fourth-order valence-corrected chi connectivity index (χ4v) is 1.34. The second-order valence-electron chi connectivity index (χ2n) is 3.26. The number of hydrogen-bond donors (Lipinski definition) is 3. The van der Waals surface area contributed by atoms with E-state index in [4.69, 9.17) is 5.11 Å². The summed E-state index contributed by atoms with van der Waals surface area (Å²) in [6.07, 6.45) is 2.35. The fourth-order valence-electron chi connectivity index (χ4n) is 1.34. The molecule has 1 aliphatic heterocycles. The molecule has 0 radical (unpaired) electrons. The molecule has 2 unspecified atom stereocenters. The highest BCUT2D eigenvalue weighted by atomic mass is 16.4. The Kier molecular flexibility index (Phi) is 3.49. The van der Waals surface area contributed by atoms with Crippen molar-refractivity contribution in [1.29, 1.82) is 0 Å². The summed E-state index contributed by atoms with van der Waals surface area (Å²) in [6, 6.07) is 0.0270. The minimum absolute atomic E-state index is 0.438. The van der Waals surface area contributed by atoms with E-state index in [1.54, 1.807) is 6.92 Å². The molecule has 0 aromatic rings. The summed E-state index contributed by atoms with van der Waals surface area (Å²) in [5, 5.41) is 14.8. The number of rotatable bonds is 4. The maximum atomic E-state index is 10.4. The Hall–Kier alpha value is -0.610. The standard InChI is InChI=1S/C8H16N2O2/c1-6(8(11)12)10-5-7-3-2-4-9-7/h6-7,9-10H,2-5H2,1H3,(H,11,12). The Bertz CT molecular complexity index is 155. The first-order chi connectivity index (χ1) is 5.70. The van der Waals surface area contributed by atoms with Gasteiger partial charge in [0.1, 0.15) is 6.04 Å². The van der Waals surface area contributed by atoms with Crippen LogP contribution in [0.1, 0.15) is 19.8 Å². The molecule has 12 heavy (non-hydrogen) atoms. The fraction of sp³-hybridized carbons (Fsp3) is 0.875. The van der Waals surface area contributed by atoms with Crippen molar-refractivity contribution >= 4 is 5.97 Å². The average Bonchev–Trinajstić information content (AvgIpc) is 2.51. The minimum atomic E-state index is -0.784. The first kappa shape index (κ1) is 9.48. The van der Waals surface area contributed by atoms with Crippen molar-refractivity contribution in [1.82, 2.24) is 10.6 Å². The van der Waals surface area contributed by atoms with E-state index in [9.17, 15) is 4.79 Å². The van der Waals surface area contributed by atoms with Crippen LogP contribution in [0.15, 0.2) is 0 Å². The van der Waals surface area contributed by atoms with Crippen LogP contribution in [0.5, 0.6) is 0 Å². The zero-order chi connectivity index (χ0) is 8.97. The normalized spacial score (nSPS) is 25.6. The molecule has 1 fully saturated rings. The summed E-state index contributed by atoms with van der Waals surface area (Å²) in [6.45, 7) is 3.48. The lowest BCUT2D eigenvalue weighted by Gasteiger charge is -2.13. The van der Waals surface area contributed by atoms with E-state index in [0.717, 1.165) is 19.5 Å². The van der Waals surface area contributed by atoms with Crippen LogP contribution in [0.25, 0.3) is 0 Å². The number of aliphatic carboxylic acids is 1. The highest BCUT2D eigenvalue weighted by Crippen LogP contribution is 2.03. The number of carboxylic acids is 1. The lowest BCUT2D eigenvalue weighted by atomic mass is 10.2. The van der Waals surface area contributed by atoms with Gasteiger partial charge in [0, 0.05) is 12.6 Å². The summed E-state index contributed by atoms with van der Waals surface area (Å²) in [4.78, 5) is 10.4. The molecule has 1 heterocycles. The summed E-state index contributed by atoms with van der Waals surface area (Å²) in [7, 11) is 0. The van der Waals surface area contributed by atoms with Crippen molar-refractivity contribution in [3.05, 3.63) is 0 Å². The zero-order valence-electron chi connectivity index (χ0n) is 7.34. The Labute approximate surface area is 72.3 Å². The van der Waals surface area contributed by atoms with Gasteiger partial charge in [0.15, 0.2) is 0 Å². The molecule has 0 aromatic carbocycles. The largest absolute Gasteiger partial charge is 0.480 e. The molecule has 1 rings (SSSR count). The van der Waals surface area contributed by atoms with Crippen LogP contribution in [0.2, 0.25) is 0 Å². The summed E-state index contributed by atoms with van der Waals surface area (Å²) in [5.41, 5.74) is 0. The van der Waals surface area contributed by atoms with E-state index in [-0.39, 0.29) is 0 Å². The van der Waals surface area contributed by atoms with Gasteiger partial charge >= 0.3 is 5.97 Å². The average molecular weight is 172 g/mol. The smallest absolute Gasteiger partial charge is 0.320 e. The summed E-state index contributed by atoms with van der Waals surface area (Å²) < 4.78 is 0. The predicted molar refractivity (Wildman–Crippen MR) is 46.1 cm³/mol. The molecule has 4 nitrogen and oxygen atoms in total. The molecule has 1 saturated heterocycles. The predicted octanol–water partition coefficient (Wildman–Crippen LogP) is -0.199. The third-order valence-electron chi connectivity index (χ3n) is 2.20. The minimum Gasteiger partial charge on any atom is -0.480 e. The first-order valence-electron chi connectivity index (χ1n) is 4.39. The van der Waals surface area contributed by atoms with E-state index in [1.165, 1.54) is 6.42 Å². The van der Waals surface area contributed by atoms with Gasteiger partial charge in [0.2, 0.25) is 0 Å². The van der Waals surface area contributed by atoms with Gasteiger partial charge in [-0.3, -0.25) is 4.79 Å². The Morgan fingerprint density at radius 1 is 1.83 bits per heavy atom. The van der Waals surface area contributed by atoms with Crippen molar-refractivity contribution in [2.75, 3.05) is 13.1 Å². The lowest BCUT2D eigenvalue weighted by Crippen LogP contribution is -2.41. The molecule has 0 aromatic heterocycles. The molecular formula is C8H16N2O2. The van der Waals surface area contributed by atoms with Crippen LogP contribution in [0.4, 0.5) is 0 Å². The van der Waals surface area contributed by atoms with Crippen LogP contribution in [-0.2, 0) is 4.79 Å². The highest BCUT2D eigenvalue weighted by Gasteiger charge is 2.16. The molecule has 1 aliphatic rings. The van der Waals surface area contributed by atoms with Crippen molar-refractivity contribution in [3.8, 4) is 0 Å². The zero-order valence-corrected chi connectivity index (χ0v) is 7.34. The van der Waals surface area contributed by atoms with Gasteiger partial charge in [-0.2, -0.15) is 0 Å². The molecule has 0 saturated carbocycles. The van der Waals surface area contributed by atoms with Gasteiger partial charge in [0.05, 0.1) is 0 Å². The van der Waals surface area contributed by atoms with Crippen molar-refractivity contribution in [3.63, 3.8) is 0 Å². The maximum absolute atomic E-state index is 10.4. The quantitative estimate of drug-likeness (QED) is 0.549. The van der Waals surface area contributed by atoms with E-state index in [1.807, 2.05) is 0 Å². The Morgan fingerprint density at radius 3 is 3.08 bits per heavy atom. The van der Waals surface area contributed by atoms with Gasteiger partial charge in [0.25, 0.3) is 0 Å². The molecule has 0 spiro atoms. The molecular weight excluding hydrogens is 156 g/mol. The molecule has 4 heteroatoms.